The van der Waals surface area contributed by atoms with Gasteiger partial charge in [-0.2, -0.15) is 0 Å². The SMILES string of the molecule is Cc1cc(C=O)cc(C)c1OCC(=O)NCc1ccc(F)cc1. The topological polar surface area (TPSA) is 55.4 Å². The summed E-state index contributed by atoms with van der Waals surface area (Å²) in [5.41, 5.74) is 2.99. The molecule has 5 heteroatoms. The monoisotopic (exact) mass is 315 g/mol. The molecule has 0 fully saturated rings. The molecule has 1 amide bonds. The number of carbonyl (C=O) groups is 2. The molecule has 0 aromatic heterocycles. The third kappa shape index (κ3) is 4.64. The highest BCUT2D eigenvalue weighted by Crippen LogP contribution is 2.24. The number of aldehydes is 1. The lowest BCUT2D eigenvalue weighted by molar-refractivity contribution is -0.123. The predicted octanol–water partition coefficient (Wildman–Crippen LogP) is 2.95. The fourth-order valence-corrected chi connectivity index (χ4v) is 2.27. The van der Waals surface area contributed by atoms with Crippen LogP contribution in [0, 0.1) is 19.7 Å². The van der Waals surface area contributed by atoms with E-state index in [0.29, 0.717) is 17.9 Å². The normalized spacial score (nSPS) is 10.2. The molecule has 0 aliphatic carbocycles. The number of hydrogen-bond acceptors (Lipinski definition) is 3. The first-order valence-corrected chi connectivity index (χ1v) is 7.20. The maximum Gasteiger partial charge on any atom is 0.258 e. The van der Waals surface area contributed by atoms with Crippen LogP contribution in [-0.4, -0.2) is 18.8 Å². The number of benzene rings is 2. The van der Waals surface area contributed by atoms with Crippen LogP contribution in [0.25, 0.3) is 0 Å². The summed E-state index contributed by atoms with van der Waals surface area (Å²) < 4.78 is 18.3. The van der Waals surface area contributed by atoms with Crippen LogP contribution in [0.4, 0.5) is 4.39 Å². The molecule has 23 heavy (non-hydrogen) atoms. The van der Waals surface area contributed by atoms with E-state index in [0.717, 1.165) is 23.0 Å². The van der Waals surface area contributed by atoms with Crippen LogP contribution in [0.3, 0.4) is 0 Å². The largest absolute Gasteiger partial charge is 0.483 e. The summed E-state index contributed by atoms with van der Waals surface area (Å²) in [6.45, 7) is 3.84. The van der Waals surface area contributed by atoms with Crippen LogP contribution in [0.1, 0.15) is 27.0 Å². The Hall–Kier alpha value is -2.69. The van der Waals surface area contributed by atoms with Crippen LogP contribution in [0.2, 0.25) is 0 Å². The second kappa shape index (κ2) is 7.54. The zero-order valence-electron chi connectivity index (χ0n) is 13.1. The lowest BCUT2D eigenvalue weighted by Gasteiger charge is -2.13. The second-order valence-electron chi connectivity index (χ2n) is 5.29. The van der Waals surface area contributed by atoms with Gasteiger partial charge in [-0.15, -0.1) is 0 Å². The lowest BCUT2D eigenvalue weighted by Crippen LogP contribution is -2.28. The Labute approximate surface area is 134 Å². The molecule has 2 aromatic rings. The van der Waals surface area contributed by atoms with Gasteiger partial charge in [0.25, 0.3) is 5.91 Å². The Kier molecular flexibility index (Phi) is 5.46. The summed E-state index contributed by atoms with van der Waals surface area (Å²) in [4.78, 5) is 22.6. The number of amides is 1. The molecule has 2 aromatic carbocycles. The fourth-order valence-electron chi connectivity index (χ4n) is 2.27. The van der Waals surface area contributed by atoms with E-state index in [2.05, 4.69) is 5.32 Å². The van der Waals surface area contributed by atoms with Gasteiger partial charge >= 0.3 is 0 Å². The van der Waals surface area contributed by atoms with Gasteiger partial charge < -0.3 is 10.1 Å². The van der Waals surface area contributed by atoms with Crippen LogP contribution in [0.15, 0.2) is 36.4 Å². The molecule has 120 valence electrons. The molecule has 1 N–H and O–H groups in total. The van der Waals surface area contributed by atoms with E-state index >= 15 is 0 Å². The highest BCUT2D eigenvalue weighted by atomic mass is 19.1. The van der Waals surface area contributed by atoms with Crippen molar-refractivity contribution >= 4 is 12.2 Å². The molecule has 0 aliphatic rings. The third-order valence-electron chi connectivity index (χ3n) is 3.37. The Morgan fingerprint density at radius 3 is 2.35 bits per heavy atom. The minimum absolute atomic E-state index is 0.122. The Morgan fingerprint density at radius 2 is 1.78 bits per heavy atom. The average molecular weight is 315 g/mol. The molecule has 0 saturated heterocycles. The molecule has 0 unspecified atom stereocenters. The van der Waals surface area contributed by atoms with Gasteiger partial charge in [-0.3, -0.25) is 9.59 Å². The van der Waals surface area contributed by atoms with Gasteiger partial charge in [0.05, 0.1) is 0 Å². The van der Waals surface area contributed by atoms with E-state index in [1.54, 1.807) is 24.3 Å². The van der Waals surface area contributed by atoms with Gasteiger partial charge in [-0.05, 0) is 54.8 Å². The first kappa shape index (κ1) is 16.7. The molecule has 4 nitrogen and oxygen atoms in total. The standard InChI is InChI=1S/C18H18FNO3/c1-12-7-15(10-21)8-13(2)18(12)23-11-17(22)20-9-14-3-5-16(19)6-4-14/h3-8,10H,9,11H2,1-2H3,(H,20,22). The quantitative estimate of drug-likeness (QED) is 0.834. The van der Waals surface area contributed by atoms with Crippen LogP contribution >= 0.6 is 0 Å². The van der Waals surface area contributed by atoms with Gasteiger partial charge in [0.2, 0.25) is 0 Å². The number of carbonyl (C=O) groups excluding carboxylic acids is 2. The minimum Gasteiger partial charge on any atom is -0.483 e. The predicted molar refractivity (Wildman–Crippen MR) is 85.0 cm³/mol. The number of hydrogen-bond donors (Lipinski definition) is 1. The van der Waals surface area contributed by atoms with Gasteiger partial charge in [0, 0.05) is 12.1 Å². The van der Waals surface area contributed by atoms with Gasteiger partial charge in [-0.25, -0.2) is 4.39 Å². The van der Waals surface area contributed by atoms with Crippen molar-refractivity contribution in [1.29, 1.82) is 0 Å². The van der Waals surface area contributed by atoms with Crippen molar-refractivity contribution in [3.63, 3.8) is 0 Å². The third-order valence-corrected chi connectivity index (χ3v) is 3.37. The van der Waals surface area contributed by atoms with Crippen molar-refractivity contribution in [2.24, 2.45) is 0 Å². The summed E-state index contributed by atoms with van der Waals surface area (Å²) in [7, 11) is 0. The zero-order chi connectivity index (χ0) is 16.8. The zero-order valence-corrected chi connectivity index (χ0v) is 13.1. The van der Waals surface area contributed by atoms with E-state index in [9.17, 15) is 14.0 Å². The van der Waals surface area contributed by atoms with Gasteiger partial charge in [-0.1, -0.05) is 12.1 Å². The van der Waals surface area contributed by atoms with Crippen LogP contribution in [0.5, 0.6) is 5.75 Å². The molecule has 0 heterocycles. The summed E-state index contributed by atoms with van der Waals surface area (Å²) in [6.07, 6.45) is 0.777. The van der Waals surface area contributed by atoms with Crippen LogP contribution < -0.4 is 10.1 Å². The summed E-state index contributed by atoms with van der Waals surface area (Å²) >= 11 is 0. The van der Waals surface area contributed by atoms with Crippen molar-refractivity contribution in [3.8, 4) is 5.75 Å². The van der Waals surface area contributed by atoms with E-state index in [1.807, 2.05) is 13.8 Å². The molecule has 0 spiro atoms. The van der Waals surface area contributed by atoms with E-state index < -0.39 is 0 Å². The summed E-state index contributed by atoms with van der Waals surface area (Å²) in [6, 6.07) is 9.35. The van der Waals surface area contributed by atoms with Crippen LogP contribution in [-0.2, 0) is 11.3 Å². The van der Waals surface area contributed by atoms with E-state index in [4.69, 9.17) is 4.74 Å². The van der Waals surface area contributed by atoms with E-state index in [1.165, 1.54) is 12.1 Å². The Balaban J connectivity index is 1.89. The smallest absolute Gasteiger partial charge is 0.258 e. The summed E-state index contributed by atoms with van der Waals surface area (Å²) in [5, 5.41) is 2.71. The van der Waals surface area contributed by atoms with E-state index in [-0.39, 0.29) is 18.3 Å². The summed E-state index contributed by atoms with van der Waals surface area (Å²) in [5.74, 6) is 0.0215. The second-order valence-corrected chi connectivity index (χ2v) is 5.29. The first-order chi connectivity index (χ1) is 11.0. The molecule has 0 saturated carbocycles. The number of halogens is 1. The number of ether oxygens (including phenoxy) is 1. The van der Waals surface area contributed by atoms with Crippen molar-refractivity contribution in [3.05, 3.63) is 64.5 Å². The molecule has 0 bridgehead atoms. The van der Waals surface area contributed by atoms with Crippen molar-refractivity contribution in [1.82, 2.24) is 5.32 Å². The van der Waals surface area contributed by atoms with Crippen molar-refractivity contribution < 1.29 is 18.7 Å². The van der Waals surface area contributed by atoms with Crippen molar-refractivity contribution in [2.45, 2.75) is 20.4 Å². The van der Waals surface area contributed by atoms with Gasteiger partial charge in [0.15, 0.2) is 6.61 Å². The molecule has 0 atom stereocenters. The molecule has 2 rings (SSSR count). The molecular weight excluding hydrogens is 297 g/mol. The number of nitrogens with one attached hydrogen (secondary N) is 1. The first-order valence-electron chi connectivity index (χ1n) is 7.20. The fraction of sp³-hybridized carbons (Fsp3) is 0.222. The highest BCUT2D eigenvalue weighted by Gasteiger charge is 2.09. The van der Waals surface area contributed by atoms with Gasteiger partial charge in [0.1, 0.15) is 17.9 Å². The molecular formula is C18H18FNO3. The number of aryl methyl sites for hydroxylation is 2. The lowest BCUT2D eigenvalue weighted by atomic mass is 10.1. The minimum atomic E-state index is -0.312. The highest BCUT2D eigenvalue weighted by molar-refractivity contribution is 5.78. The number of rotatable bonds is 6. The van der Waals surface area contributed by atoms with Crippen molar-refractivity contribution in [2.75, 3.05) is 6.61 Å². The maximum absolute atomic E-state index is 12.8. The average Bonchev–Trinajstić information content (AvgIpc) is 2.53. The molecule has 0 radical (unpaired) electrons. The molecule has 0 aliphatic heterocycles. The Morgan fingerprint density at radius 1 is 1.17 bits per heavy atom. The Bertz CT molecular complexity index is 688. The maximum atomic E-state index is 12.8.